The lowest BCUT2D eigenvalue weighted by Gasteiger charge is -2.34. The normalized spacial score (nSPS) is 17.4. The Morgan fingerprint density at radius 3 is 2.83 bits per heavy atom. The van der Waals surface area contributed by atoms with E-state index in [1.165, 1.54) is 24.3 Å². The Kier molecular flexibility index (Phi) is 4.99. The number of rotatable bonds is 4. The molecule has 1 atom stereocenters. The van der Waals surface area contributed by atoms with E-state index in [1.807, 2.05) is 0 Å². The van der Waals surface area contributed by atoms with Gasteiger partial charge in [-0.3, -0.25) is 4.79 Å². The fourth-order valence-electron chi connectivity index (χ4n) is 3.54. The Bertz CT molecular complexity index is 1150. The number of amides is 1. The third-order valence-corrected chi connectivity index (χ3v) is 5.92. The number of hydrogen-bond donors (Lipinski definition) is 1. The lowest BCUT2D eigenvalue weighted by Crippen LogP contribution is -2.38. The molecule has 1 fully saturated rings. The number of sulfone groups is 1. The molecular weight excluding hydrogens is 397 g/mol. The van der Waals surface area contributed by atoms with Crippen LogP contribution >= 0.6 is 0 Å². The van der Waals surface area contributed by atoms with Gasteiger partial charge in [-0.2, -0.15) is 0 Å². The summed E-state index contributed by atoms with van der Waals surface area (Å²) in [4.78, 5) is 22.2. The van der Waals surface area contributed by atoms with Gasteiger partial charge in [0, 0.05) is 18.4 Å². The van der Waals surface area contributed by atoms with Crippen molar-refractivity contribution in [3.63, 3.8) is 0 Å². The molecule has 152 valence electrons. The first-order valence-electron chi connectivity index (χ1n) is 9.24. The third kappa shape index (κ3) is 3.95. The van der Waals surface area contributed by atoms with Gasteiger partial charge in [0.1, 0.15) is 11.6 Å². The summed E-state index contributed by atoms with van der Waals surface area (Å²) < 4.78 is 42.1. The van der Waals surface area contributed by atoms with Gasteiger partial charge in [0.2, 0.25) is 14.9 Å². The van der Waals surface area contributed by atoms with E-state index in [4.69, 9.17) is 4.42 Å². The van der Waals surface area contributed by atoms with Crippen LogP contribution in [0.4, 0.5) is 4.39 Å². The number of carbonyl (C=O) groups is 1. The Hall–Kier alpha value is -2.94. The monoisotopic (exact) mass is 417 g/mol. The van der Waals surface area contributed by atoms with Crippen molar-refractivity contribution in [1.29, 1.82) is 0 Å². The van der Waals surface area contributed by atoms with Crippen molar-refractivity contribution in [1.82, 2.24) is 14.9 Å². The third-order valence-electron chi connectivity index (χ3n) is 4.97. The average molecular weight is 417 g/mol. The first-order chi connectivity index (χ1) is 13.8. The molecule has 29 heavy (non-hydrogen) atoms. The summed E-state index contributed by atoms with van der Waals surface area (Å²) in [5, 5.41) is -0.235. The van der Waals surface area contributed by atoms with Crippen LogP contribution in [0.25, 0.3) is 11.3 Å². The van der Waals surface area contributed by atoms with Gasteiger partial charge in [0.25, 0.3) is 5.91 Å². The summed E-state index contributed by atoms with van der Waals surface area (Å²) in [6.07, 6.45) is 5.12. The van der Waals surface area contributed by atoms with Crippen LogP contribution in [-0.4, -0.2) is 42.0 Å². The van der Waals surface area contributed by atoms with E-state index < -0.39 is 9.84 Å². The van der Waals surface area contributed by atoms with Crippen LogP contribution in [-0.2, 0) is 9.84 Å². The van der Waals surface area contributed by atoms with Crippen LogP contribution in [0.3, 0.4) is 0 Å². The highest BCUT2D eigenvalue weighted by Gasteiger charge is 2.32. The molecule has 1 unspecified atom stereocenters. The molecular formula is C20H20FN3O4S. The molecule has 4 rings (SSSR count). The minimum atomic E-state index is -3.53. The molecule has 1 N–H and O–H groups in total. The quantitative estimate of drug-likeness (QED) is 0.700. The van der Waals surface area contributed by atoms with Crippen molar-refractivity contribution >= 4 is 15.7 Å². The second kappa shape index (κ2) is 7.47. The molecule has 0 aliphatic carbocycles. The summed E-state index contributed by atoms with van der Waals surface area (Å²) in [6.45, 7) is 0.508. The van der Waals surface area contributed by atoms with Gasteiger partial charge in [-0.15, -0.1) is 0 Å². The number of nitrogens with zero attached hydrogens (tertiary/aromatic N) is 2. The molecule has 0 saturated carbocycles. The van der Waals surface area contributed by atoms with E-state index in [-0.39, 0.29) is 28.6 Å². The lowest BCUT2D eigenvalue weighted by atomic mass is 10.0. The second-order valence-electron chi connectivity index (χ2n) is 7.09. The molecule has 1 aromatic carbocycles. The highest BCUT2D eigenvalue weighted by molar-refractivity contribution is 7.90. The fourth-order valence-corrected chi connectivity index (χ4v) is 4.10. The summed E-state index contributed by atoms with van der Waals surface area (Å²) in [5.74, 6) is -0.137. The molecule has 1 aliphatic rings. The number of piperidine rings is 1. The number of benzene rings is 1. The topological polar surface area (TPSA) is 96.3 Å². The minimum Gasteiger partial charge on any atom is -0.440 e. The maximum absolute atomic E-state index is 13.5. The predicted octanol–water partition coefficient (Wildman–Crippen LogP) is 3.58. The molecule has 0 bridgehead atoms. The molecule has 1 amide bonds. The number of nitrogens with one attached hydrogen (secondary N) is 1. The molecule has 3 heterocycles. The maximum Gasteiger partial charge on any atom is 0.290 e. The molecule has 1 aliphatic heterocycles. The van der Waals surface area contributed by atoms with E-state index in [0.717, 1.165) is 19.1 Å². The van der Waals surface area contributed by atoms with E-state index in [1.54, 1.807) is 23.2 Å². The number of likely N-dealkylation sites (tertiary alicyclic amines) is 1. The lowest BCUT2D eigenvalue weighted by molar-refractivity contribution is 0.0563. The number of aromatic amines is 1. The van der Waals surface area contributed by atoms with Crippen molar-refractivity contribution in [3.05, 3.63) is 60.0 Å². The zero-order chi connectivity index (χ0) is 20.6. The first-order valence-corrected chi connectivity index (χ1v) is 11.1. The summed E-state index contributed by atoms with van der Waals surface area (Å²) in [6, 6.07) is 8.55. The first kappa shape index (κ1) is 19.4. The molecule has 7 nitrogen and oxygen atoms in total. The van der Waals surface area contributed by atoms with Crippen LogP contribution in [0.5, 0.6) is 0 Å². The zero-order valence-corrected chi connectivity index (χ0v) is 16.6. The Morgan fingerprint density at radius 1 is 1.28 bits per heavy atom. The van der Waals surface area contributed by atoms with E-state index in [2.05, 4.69) is 9.97 Å². The Labute approximate surface area is 167 Å². The van der Waals surface area contributed by atoms with Crippen LogP contribution < -0.4 is 0 Å². The van der Waals surface area contributed by atoms with Crippen LogP contribution in [0, 0.1) is 5.82 Å². The smallest absolute Gasteiger partial charge is 0.290 e. The summed E-state index contributed by atoms with van der Waals surface area (Å²) in [5.41, 5.74) is 1.33. The molecule has 0 spiro atoms. The molecule has 1 saturated heterocycles. The Balaban J connectivity index is 1.61. The number of aromatic nitrogens is 2. The summed E-state index contributed by atoms with van der Waals surface area (Å²) in [7, 11) is -3.53. The standard InChI is InChI=1S/C20H20FN3O4S/c1-29(26,27)18-9-8-17(28-18)20(25)24-10-3-2-7-16(24)19-22-12-15(23-19)13-5-4-6-14(21)11-13/h4-6,8-9,11-12,16H,2-3,7,10H2,1H3,(H,22,23). The average Bonchev–Trinajstić information content (AvgIpc) is 3.37. The largest absolute Gasteiger partial charge is 0.440 e. The van der Waals surface area contributed by atoms with Gasteiger partial charge in [-0.1, -0.05) is 12.1 Å². The highest BCUT2D eigenvalue weighted by Crippen LogP contribution is 2.32. The van der Waals surface area contributed by atoms with Crippen molar-refractivity contribution in [3.8, 4) is 11.3 Å². The molecule has 9 heteroatoms. The van der Waals surface area contributed by atoms with Crippen molar-refractivity contribution in [2.45, 2.75) is 30.4 Å². The second-order valence-corrected chi connectivity index (χ2v) is 9.04. The number of halogens is 1. The predicted molar refractivity (Wildman–Crippen MR) is 103 cm³/mol. The summed E-state index contributed by atoms with van der Waals surface area (Å²) >= 11 is 0. The van der Waals surface area contributed by atoms with Gasteiger partial charge in [0.05, 0.1) is 17.9 Å². The van der Waals surface area contributed by atoms with Gasteiger partial charge in [-0.25, -0.2) is 17.8 Å². The van der Waals surface area contributed by atoms with E-state index >= 15 is 0 Å². The molecule has 0 radical (unpaired) electrons. The van der Waals surface area contributed by atoms with Gasteiger partial charge < -0.3 is 14.3 Å². The van der Waals surface area contributed by atoms with Crippen LogP contribution in [0.15, 0.2) is 52.1 Å². The minimum absolute atomic E-state index is 0.0192. The fraction of sp³-hybridized carbons (Fsp3) is 0.300. The molecule has 3 aromatic rings. The molecule has 2 aromatic heterocycles. The van der Waals surface area contributed by atoms with Crippen molar-refractivity contribution in [2.24, 2.45) is 0 Å². The van der Waals surface area contributed by atoms with Crippen LogP contribution in [0.1, 0.15) is 41.7 Å². The number of furan rings is 1. The van der Waals surface area contributed by atoms with Gasteiger partial charge in [-0.05, 0) is 43.5 Å². The van der Waals surface area contributed by atoms with E-state index in [9.17, 15) is 17.6 Å². The highest BCUT2D eigenvalue weighted by atomic mass is 32.2. The van der Waals surface area contributed by atoms with Crippen molar-refractivity contribution in [2.75, 3.05) is 12.8 Å². The number of imidazole rings is 1. The number of hydrogen-bond acceptors (Lipinski definition) is 5. The maximum atomic E-state index is 13.5. The van der Waals surface area contributed by atoms with Gasteiger partial charge in [0.15, 0.2) is 5.76 Å². The zero-order valence-electron chi connectivity index (χ0n) is 15.8. The van der Waals surface area contributed by atoms with Crippen molar-refractivity contribution < 1.29 is 22.0 Å². The SMILES string of the molecule is CS(=O)(=O)c1ccc(C(=O)N2CCCCC2c2ncc(-c3cccc(F)c3)[nH]2)o1. The number of carbonyl (C=O) groups excluding carboxylic acids is 1. The van der Waals surface area contributed by atoms with Crippen LogP contribution in [0.2, 0.25) is 0 Å². The number of H-pyrrole nitrogens is 1. The van der Waals surface area contributed by atoms with E-state index in [0.29, 0.717) is 30.0 Å². The Morgan fingerprint density at radius 2 is 2.10 bits per heavy atom. The van der Waals surface area contributed by atoms with Gasteiger partial charge >= 0.3 is 0 Å².